The Hall–Kier alpha value is -0.480. The highest BCUT2D eigenvalue weighted by Gasteiger charge is 2.16. The first-order valence-electron chi connectivity index (χ1n) is 2.23. The van der Waals surface area contributed by atoms with Crippen LogP contribution in [0.2, 0.25) is 0 Å². The summed E-state index contributed by atoms with van der Waals surface area (Å²) in [5.41, 5.74) is 0. The fourth-order valence-corrected chi connectivity index (χ4v) is 0.671. The van der Waals surface area contributed by atoms with Crippen LogP contribution >= 0.6 is 12.2 Å². The molecule has 1 aliphatic rings. The Morgan fingerprint density at radius 3 is 2.88 bits per heavy atom. The van der Waals surface area contributed by atoms with Gasteiger partial charge in [0.2, 0.25) is 5.91 Å². The van der Waals surface area contributed by atoms with E-state index in [1.54, 1.807) is 0 Å². The lowest BCUT2D eigenvalue weighted by molar-refractivity contribution is -0.118. The first-order valence-corrected chi connectivity index (χ1v) is 2.64. The normalized spacial score (nSPS) is 27.5. The predicted molar refractivity (Wildman–Crippen MR) is 32.5 cm³/mol. The third-order valence-corrected chi connectivity index (χ3v) is 1.13. The van der Waals surface area contributed by atoms with Gasteiger partial charge in [-0.2, -0.15) is 0 Å². The second-order valence-corrected chi connectivity index (χ2v) is 1.73. The maximum atomic E-state index is 10.4. The summed E-state index contributed by atoms with van der Waals surface area (Å²) in [5.74, 6) is -0.0210. The quantitative estimate of drug-likeness (QED) is 0.442. The van der Waals surface area contributed by atoms with Gasteiger partial charge in [-0.05, 0) is 0 Å². The van der Waals surface area contributed by atoms with Crippen molar-refractivity contribution < 1.29 is 4.79 Å². The Labute approximate surface area is 52.4 Å². The van der Waals surface area contributed by atoms with Crippen LogP contribution in [0.15, 0.2) is 0 Å². The van der Waals surface area contributed by atoms with Crippen molar-refractivity contribution in [2.24, 2.45) is 0 Å². The molecule has 1 rings (SSSR count). The number of rotatable bonds is 1. The summed E-state index contributed by atoms with van der Waals surface area (Å²) >= 11 is 4.44. The van der Waals surface area contributed by atoms with Gasteiger partial charge in [-0.3, -0.25) is 10.1 Å². The molecule has 3 nitrogen and oxygen atoms in total. The molecule has 8 heavy (non-hydrogen) atoms. The zero-order chi connectivity index (χ0) is 5.98. The van der Waals surface area contributed by atoms with Crippen LogP contribution in [0.5, 0.6) is 0 Å². The summed E-state index contributed by atoms with van der Waals surface area (Å²) in [6.07, 6.45) is -0.211. The van der Waals surface area contributed by atoms with Crippen molar-refractivity contribution in [3.05, 3.63) is 0 Å². The number of carbonyl (C=O) groups is 1. The molecular formula is C4H5N2OS. The number of nitrogens with one attached hydrogen (secondary N) is 2. The highest BCUT2D eigenvalue weighted by molar-refractivity contribution is 7.79. The molecule has 43 valence electrons. The molecule has 0 saturated carbocycles. The van der Waals surface area contributed by atoms with Crippen LogP contribution in [-0.2, 0) is 4.79 Å². The van der Waals surface area contributed by atoms with E-state index in [1.165, 1.54) is 0 Å². The lowest BCUT2D eigenvalue weighted by Gasteiger charge is -1.97. The molecule has 1 saturated heterocycles. The Bertz CT molecular complexity index is 125. The smallest absolute Gasteiger partial charge is 0.235 e. The number of hydrogen-bond acceptors (Lipinski definition) is 3. The van der Waals surface area contributed by atoms with Gasteiger partial charge in [0.15, 0.2) is 0 Å². The average Bonchev–Trinajstić information content (AvgIpc) is 2.14. The molecule has 0 aromatic rings. The van der Waals surface area contributed by atoms with Gasteiger partial charge in [-0.15, -0.1) is 0 Å². The van der Waals surface area contributed by atoms with Crippen molar-refractivity contribution in [1.82, 2.24) is 10.6 Å². The maximum Gasteiger partial charge on any atom is 0.235 e. The molecule has 0 aromatic heterocycles. The van der Waals surface area contributed by atoms with Crippen LogP contribution in [0.4, 0.5) is 0 Å². The Morgan fingerprint density at radius 2 is 2.62 bits per heavy atom. The van der Waals surface area contributed by atoms with Crippen molar-refractivity contribution in [2.75, 3.05) is 6.54 Å². The van der Waals surface area contributed by atoms with Gasteiger partial charge in [0.25, 0.3) is 0 Å². The lowest BCUT2D eigenvalue weighted by atomic mass is 10.6. The third-order valence-electron chi connectivity index (χ3n) is 0.890. The van der Waals surface area contributed by atoms with E-state index in [9.17, 15) is 4.79 Å². The number of carbonyl (C=O) groups excluding carboxylic acids is 1. The van der Waals surface area contributed by atoms with Crippen LogP contribution in [0.3, 0.4) is 0 Å². The molecule has 1 amide bonds. The molecule has 0 aromatic carbocycles. The monoisotopic (exact) mass is 129 g/mol. The van der Waals surface area contributed by atoms with E-state index in [-0.39, 0.29) is 12.1 Å². The lowest BCUT2D eigenvalue weighted by Crippen LogP contribution is -2.32. The summed E-state index contributed by atoms with van der Waals surface area (Å²) in [4.78, 5) is 10.4. The van der Waals surface area contributed by atoms with Gasteiger partial charge in [0.1, 0.15) is 6.17 Å². The van der Waals surface area contributed by atoms with E-state index < -0.39 is 0 Å². The Kier molecular flexibility index (Phi) is 1.55. The van der Waals surface area contributed by atoms with E-state index in [4.69, 9.17) is 0 Å². The summed E-state index contributed by atoms with van der Waals surface area (Å²) in [6, 6.07) is 0. The van der Waals surface area contributed by atoms with Crippen molar-refractivity contribution in [2.45, 2.75) is 6.17 Å². The fraction of sp³-hybridized carbons (Fsp3) is 0.500. The number of hydrogen-bond donors (Lipinski definition) is 2. The van der Waals surface area contributed by atoms with E-state index in [0.717, 1.165) is 0 Å². The van der Waals surface area contributed by atoms with Gasteiger partial charge >= 0.3 is 0 Å². The van der Waals surface area contributed by atoms with Crippen molar-refractivity contribution >= 4 is 23.5 Å². The zero-order valence-corrected chi connectivity index (χ0v) is 4.92. The standard InChI is InChI=1S/C4H5N2OS/c7-4-1-5-3(2-8)6-4/h3,5H,1H2,(H,6,7). The molecule has 1 unspecified atom stereocenters. The molecule has 0 aliphatic carbocycles. The Morgan fingerprint density at radius 1 is 1.88 bits per heavy atom. The molecule has 0 spiro atoms. The number of thiocarbonyl (C=S) groups is 1. The second kappa shape index (κ2) is 2.19. The van der Waals surface area contributed by atoms with E-state index >= 15 is 0 Å². The molecule has 4 heteroatoms. The molecule has 1 heterocycles. The van der Waals surface area contributed by atoms with Crippen molar-refractivity contribution in [1.29, 1.82) is 0 Å². The third kappa shape index (κ3) is 1.02. The van der Waals surface area contributed by atoms with Gasteiger partial charge in [0, 0.05) is 0 Å². The molecule has 1 radical (unpaired) electrons. The fourth-order valence-electron chi connectivity index (χ4n) is 0.529. The van der Waals surface area contributed by atoms with E-state index in [2.05, 4.69) is 28.2 Å². The summed E-state index contributed by atoms with van der Waals surface area (Å²) < 4.78 is 0. The molecular weight excluding hydrogens is 124 g/mol. The minimum atomic E-state index is -0.211. The topological polar surface area (TPSA) is 41.1 Å². The molecule has 1 aliphatic heterocycles. The minimum Gasteiger partial charge on any atom is -0.335 e. The maximum absolute atomic E-state index is 10.4. The zero-order valence-electron chi connectivity index (χ0n) is 4.10. The molecule has 2 N–H and O–H groups in total. The average molecular weight is 129 g/mol. The minimum absolute atomic E-state index is 0.0210. The highest BCUT2D eigenvalue weighted by Crippen LogP contribution is 1.81. The highest BCUT2D eigenvalue weighted by atomic mass is 32.1. The van der Waals surface area contributed by atoms with Crippen LogP contribution in [0.25, 0.3) is 0 Å². The largest absolute Gasteiger partial charge is 0.335 e. The summed E-state index contributed by atoms with van der Waals surface area (Å²) in [5, 5.41) is 7.75. The molecule has 1 fully saturated rings. The first-order chi connectivity index (χ1) is 3.83. The first kappa shape index (κ1) is 5.65. The Balaban J connectivity index is 2.43. The molecule has 0 bridgehead atoms. The summed E-state index contributed by atoms with van der Waals surface area (Å²) in [6.45, 7) is 0.355. The van der Waals surface area contributed by atoms with E-state index in [1.807, 2.05) is 0 Å². The number of amides is 1. The van der Waals surface area contributed by atoms with Crippen LogP contribution in [-0.4, -0.2) is 24.0 Å². The van der Waals surface area contributed by atoms with Crippen molar-refractivity contribution in [3.8, 4) is 0 Å². The second-order valence-electron chi connectivity index (χ2n) is 1.50. The molecule has 1 atom stereocenters. The van der Waals surface area contributed by atoms with Crippen LogP contribution in [0.1, 0.15) is 0 Å². The van der Waals surface area contributed by atoms with Crippen molar-refractivity contribution in [3.63, 3.8) is 0 Å². The predicted octanol–water partition coefficient (Wildman–Crippen LogP) is -1.09. The van der Waals surface area contributed by atoms with Gasteiger partial charge in [-0.25, -0.2) is 0 Å². The van der Waals surface area contributed by atoms with E-state index in [0.29, 0.717) is 6.54 Å². The SMILES string of the molecule is O=C1CNC([C]=S)N1. The van der Waals surface area contributed by atoms with Crippen LogP contribution < -0.4 is 10.6 Å². The summed E-state index contributed by atoms with van der Waals surface area (Å²) in [7, 11) is 0. The van der Waals surface area contributed by atoms with Crippen LogP contribution in [0, 0.1) is 0 Å². The van der Waals surface area contributed by atoms with Gasteiger partial charge < -0.3 is 5.32 Å². The van der Waals surface area contributed by atoms with Gasteiger partial charge in [-0.1, -0.05) is 12.2 Å². The van der Waals surface area contributed by atoms with Gasteiger partial charge in [0.05, 0.1) is 11.9 Å².